The van der Waals surface area contributed by atoms with Crippen molar-refractivity contribution < 1.29 is 4.79 Å². The minimum atomic E-state index is -0.671. The van der Waals surface area contributed by atoms with E-state index in [1.54, 1.807) is 17.6 Å². The summed E-state index contributed by atoms with van der Waals surface area (Å²) >= 11 is 1.68. The Bertz CT molecular complexity index is 534. The molecule has 4 nitrogen and oxygen atoms in total. The van der Waals surface area contributed by atoms with Gasteiger partial charge >= 0.3 is 6.03 Å². The molecule has 0 atom stereocenters. The number of urea groups is 1. The van der Waals surface area contributed by atoms with E-state index in [-0.39, 0.29) is 0 Å². The van der Waals surface area contributed by atoms with Crippen LogP contribution in [0.4, 0.5) is 4.79 Å². The molecule has 0 spiro atoms. The summed E-state index contributed by atoms with van der Waals surface area (Å²) in [5.41, 5.74) is 9.10. The average Bonchev–Trinajstić information content (AvgIpc) is 2.82. The van der Waals surface area contributed by atoms with Crippen LogP contribution in [0.25, 0.3) is 10.4 Å². The molecule has 1 aromatic heterocycles. The Labute approximate surface area is 103 Å². The molecule has 0 bridgehead atoms. The summed E-state index contributed by atoms with van der Waals surface area (Å²) in [5, 5.41) is 5.75. The molecule has 0 unspecified atom stereocenters. The highest BCUT2D eigenvalue weighted by Gasteiger charge is 1.98. The zero-order chi connectivity index (χ0) is 12.1. The molecule has 0 aliphatic carbocycles. The van der Waals surface area contributed by atoms with Crippen LogP contribution in [0.3, 0.4) is 0 Å². The van der Waals surface area contributed by atoms with Crippen molar-refractivity contribution in [2.45, 2.75) is 0 Å². The van der Waals surface area contributed by atoms with Crippen LogP contribution < -0.4 is 11.2 Å². The first-order chi connectivity index (χ1) is 8.25. The molecule has 2 aromatic rings. The molecule has 1 heterocycles. The zero-order valence-electron chi connectivity index (χ0n) is 8.96. The van der Waals surface area contributed by atoms with Gasteiger partial charge in [-0.05, 0) is 28.6 Å². The first-order valence-corrected chi connectivity index (χ1v) is 5.86. The molecule has 0 saturated carbocycles. The number of amides is 2. The topological polar surface area (TPSA) is 67.5 Å². The summed E-state index contributed by atoms with van der Waals surface area (Å²) in [5.74, 6) is 0. The van der Waals surface area contributed by atoms with E-state index in [4.69, 9.17) is 5.73 Å². The van der Waals surface area contributed by atoms with E-state index < -0.39 is 6.03 Å². The highest BCUT2D eigenvalue weighted by molar-refractivity contribution is 7.13. The smallest absolute Gasteiger partial charge is 0.332 e. The molecule has 86 valence electrons. The summed E-state index contributed by atoms with van der Waals surface area (Å²) in [6.45, 7) is 0. The van der Waals surface area contributed by atoms with E-state index in [0.717, 1.165) is 11.1 Å². The Hall–Kier alpha value is -2.14. The number of carbonyl (C=O) groups is 1. The van der Waals surface area contributed by atoms with Crippen LogP contribution in [0.2, 0.25) is 0 Å². The van der Waals surface area contributed by atoms with Crippen molar-refractivity contribution in [1.82, 2.24) is 5.43 Å². The number of hydrogen-bond donors (Lipinski definition) is 2. The van der Waals surface area contributed by atoms with E-state index >= 15 is 0 Å². The fourth-order valence-electron chi connectivity index (χ4n) is 1.39. The van der Waals surface area contributed by atoms with Crippen LogP contribution in [-0.2, 0) is 0 Å². The first kappa shape index (κ1) is 11.3. The molecule has 2 rings (SSSR count). The van der Waals surface area contributed by atoms with Gasteiger partial charge in [-0.1, -0.05) is 24.3 Å². The molecule has 5 heteroatoms. The van der Waals surface area contributed by atoms with Crippen molar-refractivity contribution in [2.24, 2.45) is 10.8 Å². The molecule has 0 aliphatic rings. The van der Waals surface area contributed by atoms with Crippen LogP contribution in [-0.4, -0.2) is 12.2 Å². The number of nitrogens with one attached hydrogen (secondary N) is 1. The minimum Gasteiger partial charge on any atom is -0.350 e. The molecular formula is C12H11N3OS. The summed E-state index contributed by atoms with van der Waals surface area (Å²) < 4.78 is 0. The SMILES string of the molecule is NC(=O)NN=Cc1cccc(-c2cccs2)c1. The Morgan fingerprint density at radius 2 is 2.24 bits per heavy atom. The summed E-state index contributed by atoms with van der Waals surface area (Å²) in [6.07, 6.45) is 1.56. The highest BCUT2D eigenvalue weighted by Crippen LogP contribution is 2.24. The van der Waals surface area contributed by atoms with Crippen LogP contribution in [0.15, 0.2) is 46.9 Å². The third-order valence-corrected chi connectivity index (χ3v) is 3.00. The number of primary amides is 1. The molecule has 1 aromatic carbocycles. The van der Waals surface area contributed by atoms with Crippen molar-refractivity contribution in [2.75, 3.05) is 0 Å². The maximum Gasteiger partial charge on any atom is 0.332 e. The number of carbonyl (C=O) groups excluding carboxylic acids is 1. The van der Waals surface area contributed by atoms with Gasteiger partial charge < -0.3 is 5.73 Å². The number of thiophene rings is 1. The van der Waals surface area contributed by atoms with E-state index in [9.17, 15) is 4.79 Å². The summed E-state index contributed by atoms with van der Waals surface area (Å²) in [7, 11) is 0. The van der Waals surface area contributed by atoms with Gasteiger partial charge in [-0.2, -0.15) is 5.10 Å². The van der Waals surface area contributed by atoms with Gasteiger partial charge in [-0.15, -0.1) is 11.3 Å². The Kier molecular flexibility index (Phi) is 3.52. The Morgan fingerprint density at radius 1 is 1.35 bits per heavy atom. The van der Waals surface area contributed by atoms with Crippen molar-refractivity contribution >= 4 is 23.6 Å². The zero-order valence-corrected chi connectivity index (χ0v) is 9.78. The Morgan fingerprint density at radius 3 is 2.94 bits per heavy atom. The molecular weight excluding hydrogens is 234 g/mol. The highest BCUT2D eigenvalue weighted by atomic mass is 32.1. The normalized spacial score (nSPS) is 10.6. The quantitative estimate of drug-likeness (QED) is 0.633. The molecule has 17 heavy (non-hydrogen) atoms. The lowest BCUT2D eigenvalue weighted by Crippen LogP contribution is -2.24. The van der Waals surface area contributed by atoms with Gasteiger partial charge in [0.15, 0.2) is 0 Å². The number of hydrazone groups is 1. The van der Waals surface area contributed by atoms with Crippen molar-refractivity contribution in [3.05, 3.63) is 47.3 Å². The van der Waals surface area contributed by atoms with Gasteiger partial charge in [0.05, 0.1) is 6.21 Å². The fraction of sp³-hybridized carbons (Fsp3) is 0. The van der Waals surface area contributed by atoms with Gasteiger partial charge in [0, 0.05) is 4.88 Å². The number of nitrogens with zero attached hydrogens (tertiary/aromatic N) is 1. The van der Waals surface area contributed by atoms with E-state index in [1.165, 1.54) is 4.88 Å². The summed E-state index contributed by atoms with van der Waals surface area (Å²) in [4.78, 5) is 11.6. The molecule has 0 fully saturated rings. The van der Waals surface area contributed by atoms with Gasteiger partial charge in [0.2, 0.25) is 0 Å². The van der Waals surface area contributed by atoms with Crippen molar-refractivity contribution in [1.29, 1.82) is 0 Å². The molecule has 0 saturated heterocycles. The van der Waals surface area contributed by atoms with Crippen LogP contribution in [0, 0.1) is 0 Å². The maximum atomic E-state index is 10.4. The number of benzene rings is 1. The van der Waals surface area contributed by atoms with Gasteiger partial charge in [-0.3, -0.25) is 0 Å². The van der Waals surface area contributed by atoms with Gasteiger partial charge in [0.25, 0.3) is 0 Å². The fourth-order valence-corrected chi connectivity index (χ4v) is 2.11. The largest absolute Gasteiger partial charge is 0.350 e. The monoisotopic (exact) mass is 245 g/mol. The molecule has 3 N–H and O–H groups in total. The molecule has 2 amide bonds. The predicted molar refractivity (Wildman–Crippen MR) is 70.1 cm³/mol. The lowest BCUT2D eigenvalue weighted by Gasteiger charge is -1.99. The second kappa shape index (κ2) is 5.27. The first-order valence-electron chi connectivity index (χ1n) is 4.98. The van der Waals surface area contributed by atoms with E-state index in [1.807, 2.05) is 35.7 Å². The molecule has 0 radical (unpaired) electrons. The van der Waals surface area contributed by atoms with Gasteiger partial charge in [-0.25, -0.2) is 10.2 Å². The van der Waals surface area contributed by atoms with Crippen molar-refractivity contribution in [3.8, 4) is 10.4 Å². The van der Waals surface area contributed by atoms with E-state index in [2.05, 4.69) is 16.6 Å². The van der Waals surface area contributed by atoms with Gasteiger partial charge in [0.1, 0.15) is 0 Å². The second-order valence-electron chi connectivity index (χ2n) is 3.34. The predicted octanol–water partition coefficient (Wildman–Crippen LogP) is 2.42. The average molecular weight is 245 g/mol. The van der Waals surface area contributed by atoms with Crippen LogP contribution in [0.1, 0.15) is 5.56 Å². The number of rotatable bonds is 3. The third-order valence-electron chi connectivity index (χ3n) is 2.08. The second-order valence-corrected chi connectivity index (χ2v) is 4.28. The maximum absolute atomic E-state index is 10.4. The van der Waals surface area contributed by atoms with E-state index in [0.29, 0.717) is 0 Å². The lowest BCUT2D eigenvalue weighted by molar-refractivity contribution is 0.249. The lowest BCUT2D eigenvalue weighted by atomic mass is 10.1. The molecule has 0 aliphatic heterocycles. The van der Waals surface area contributed by atoms with Crippen LogP contribution in [0.5, 0.6) is 0 Å². The third kappa shape index (κ3) is 3.15. The standard InChI is InChI=1S/C12H11N3OS/c13-12(16)15-14-8-9-3-1-4-10(7-9)11-5-2-6-17-11/h1-8H,(H3,13,15,16). The van der Waals surface area contributed by atoms with Crippen LogP contribution >= 0.6 is 11.3 Å². The Balaban J connectivity index is 2.17. The number of nitrogens with two attached hydrogens (primary N) is 1. The summed E-state index contributed by atoms with van der Waals surface area (Å²) in [6, 6.07) is 11.3. The minimum absolute atomic E-state index is 0.671. The van der Waals surface area contributed by atoms with Crippen molar-refractivity contribution in [3.63, 3.8) is 0 Å². The number of hydrogen-bond acceptors (Lipinski definition) is 3.